The van der Waals surface area contributed by atoms with Gasteiger partial charge in [0.25, 0.3) is 0 Å². The van der Waals surface area contributed by atoms with E-state index < -0.39 is 0 Å². The van der Waals surface area contributed by atoms with Crippen molar-refractivity contribution in [3.05, 3.63) is 43.4 Å². The van der Waals surface area contributed by atoms with E-state index in [4.69, 9.17) is 0 Å². The lowest BCUT2D eigenvalue weighted by Gasteiger charge is -1.95. The van der Waals surface area contributed by atoms with Crippen molar-refractivity contribution in [3.8, 4) is 0 Å². The van der Waals surface area contributed by atoms with Crippen LogP contribution in [0.5, 0.6) is 0 Å². The predicted molar refractivity (Wildman–Crippen MR) is 84.6 cm³/mol. The van der Waals surface area contributed by atoms with Crippen LogP contribution in [-0.4, -0.2) is 0 Å². The Hall–Kier alpha value is -0.780. The molecule has 0 atom stereocenters. The summed E-state index contributed by atoms with van der Waals surface area (Å²) in [4.78, 5) is 0. The Morgan fingerprint density at radius 1 is 0.778 bits per heavy atom. The second-order valence-corrected chi connectivity index (χ2v) is 5.14. The average Bonchev–Trinajstić information content (AvgIpc) is 2.34. The van der Waals surface area contributed by atoms with Gasteiger partial charge < -0.3 is 0 Å². The quantitative estimate of drug-likeness (QED) is 0.298. The topological polar surface area (TPSA) is 0 Å². The second-order valence-electron chi connectivity index (χ2n) is 5.14. The third kappa shape index (κ3) is 15.2. The number of rotatable bonds is 11. The lowest BCUT2D eigenvalue weighted by atomic mass is 10.1. The van der Waals surface area contributed by atoms with Crippen molar-refractivity contribution >= 4 is 0 Å². The van der Waals surface area contributed by atoms with Crippen molar-refractivity contribution in [1.82, 2.24) is 0 Å². The summed E-state index contributed by atoms with van der Waals surface area (Å²) in [5.74, 6) is 0.668. The third-order valence-electron chi connectivity index (χ3n) is 2.77. The maximum absolute atomic E-state index is 3.86. The minimum Gasteiger partial charge on any atom is -0.0882 e. The van der Waals surface area contributed by atoms with Gasteiger partial charge in [0.2, 0.25) is 0 Å². The Morgan fingerprint density at radius 3 is 2.06 bits per heavy atom. The normalized spacial score (nSPS) is 12.7. The van der Waals surface area contributed by atoms with E-state index in [1.165, 1.54) is 32.1 Å². The first-order valence-electron chi connectivity index (χ1n) is 7.53. The van der Waals surface area contributed by atoms with Crippen molar-refractivity contribution in [3.63, 3.8) is 0 Å². The second kappa shape index (κ2) is 14.3. The summed E-state index contributed by atoms with van der Waals surface area (Å²) in [6.45, 7) is 8.27. The fourth-order valence-corrected chi connectivity index (χ4v) is 1.71. The van der Waals surface area contributed by atoms with Gasteiger partial charge in [0, 0.05) is 0 Å². The first-order valence-corrected chi connectivity index (χ1v) is 7.53. The van der Waals surface area contributed by atoms with E-state index in [0.717, 1.165) is 19.3 Å². The molecule has 0 aliphatic rings. The van der Waals surface area contributed by atoms with Crippen LogP contribution in [0.25, 0.3) is 0 Å². The minimum absolute atomic E-state index is 0.668. The zero-order valence-electron chi connectivity index (χ0n) is 12.4. The molecule has 0 N–H and O–H groups in total. The molecule has 0 heteroatoms. The van der Waals surface area contributed by atoms with E-state index in [0.29, 0.717) is 5.92 Å². The Kier molecular flexibility index (Phi) is 13.7. The fourth-order valence-electron chi connectivity index (χ4n) is 1.71. The van der Waals surface area contributed by atoms with Crippen LogP contribution in [0.3, 0.4) is 0 Å². The molecule has 0 rings (SSSR count). The van der Waals surface area contributed by atoms with E-state index in [9.17, 15) is 0 Å². The van der Waals surface area contributed by atoms with E-state index in [1.54, 1.807) is 0 Å². The van der Waals surface area contributed by atoms with E-state index in [1.807, 2.05) is 0 Å². The van der Waals surface area contributed by atoms with Crippen LogP contribution in [0.2, 0.25) is 0 Å². The molecular weight excluding hydrogens is 216 g/mol. The van der Waals surface area contributed by atoms with Crippen molar-refractivity contribution in [2.45, 2.75) is 65.2 Å². The first-order chi connectivity index (χ1) is 8.77. The molecule has 0 spiro atoms. The molecular formula is C18H31. The maximum Gasteiger partial charge on any atom is -0.0169 e. The zero-order valence-corrected chi connectivity index (χ0v) is 12.4. The van der Waals surface area contributed by atoms with Crippen LogP contribution in [-0.2, 0) is 0 Å². The highest BCUT2D eigenvalue weighted by atomic mass is 13.9. The van der Waals surface area contributed by atoms with Crippen LogP contribution in [0.4, 0.5) is 0 Å². The van der Waals surface area contributed by atoms with Gasteiger partial charge in [-0.2, -0.15) is 0 Å². The fraction of sp³-hybridized carbons (Fsp3) is 0.611. The molecule has 0 aliphatic heterocycles. The van der Waals surface area contributed by atoms with Gasteiger partial charge in [-0.1, -0.05) is 82.9 Å². The van der Waals surface area contributed by atoms with Gasteiger partial charge in [-0.15, -0.1) is 0 Å². The molecule has 0 saturated heterocycles. The van der Waals surface area contributed by atoms with Gasteiger partial charge >= 0.3 is 0 Å². The van der Waals surface area contributed by atoms with Crippen molar-refractivity contribution in [2.75, 3.05) is 0 Å². The summed E-state index contributed by atoms with van der Waals surface area (Å²) < 4.78 is 0. The number of allylic oxidation sites excluding steroid dienone is 6. The number of hydrogen-bond acceptors (Lipinski definition) is 0. The highest BCUT2D eigenvalue weighted by Crippen LogP contribution is 2.05. The molecule has 0 aliphatic carbocycles. The Balaban J connectivity index is 3.29. The van der Waals surface area contributed by atoms with Crippen molar-refractivity contribution < 1.29 is 0 Å². The molecule has 0 aromatic rings. The Bertz CT molecular complexity index is 230. The molecule has 0 fully saturated rings. The van der Waals surface area contributed by atoms with Gasteiger partial charge in [-0.25, -0.2) is 0 Å². The predicted octanol–water partition coefficient (Wildman–Crippen LogP) is 6.27. The molecule has 0 aromatic carbocycles. The summed E-state index contributed by atoms with van der Waals surface area (Å²) in [5, 5.41) is 0. The zero-order chi connectivity index (χ0) is 13.5. The van der Waals surface area contributed by atoms with Gasteiger partial charge in [-0.05, 0) is 31.6 Å². The molecule has 0 aromatic heterocycles. The summed E-state index contributed by atoms with van der Waals surface area (Å²) in [6.07, 6.45) is 23.4. The molecule has 0 heterocycles. The molecule has 103 valence electrons. The molecule has 0 amide bonds. The Labute approximate surface area is 115 Å². The Morgan fingerprint density at radius 2 is 1.39 bits per heavy atom. The summed E-state index contributed by atoms with van der Waals surface area (Å²) in [7, 11) is 0. The van der Waals surface area contributed by atoms with E-state index >= 15 is 0 Å². The largest absolute Gasteiger partial charge is 0.0882 e. The van der Waals surface area contributed by atoms with Crippen LogP contribution in [0.1, 0.15) is 65.2 Å². The van der Waals surface area contributed by atoms with Gasteiger partial charge in [0.15, 0.2) is 0 Å². The summed E-state index contributed by atoms with van der Waals surface area (Å²) in [6, 6.07) is 0. The highest BCUT2D eigenvalue weighted by molar-refractivity contribution is 4.97. The van der Waals surface area contributed by atoms with Crippen LogP contribution < -0.4 is 0 Å². The molecule has 0 bridgehead atoms. The maximum atomic E-state index is 3.86. The van der Waals surface area contributed by atoms with E-state index in [-0.39, 0.29) is 0 Å². The van der Waals surface area contributed by atoms with Gasteiger partial charge in [0.1, 0.15) is 0 Å². The summed E-state index contributed by atoms with van der Waals surface area (Å²) in [5.41, 5.74) is 0. The monoisotopic (exact) mass is 247 g/mol. The van der Waals surface area contributed by atoms with Gasteiger partial charge in [-0.3, -0.25) is 0 Å². The average molecular weight is 247 g/mol. The standard InChI is InChI=1S/C18H31/c1-4-5-6-7-8-9-10-11-12-13-14-15-16-17-18(2)3/h10-11,13-14,16-18H,1,4-9,12,15H2,2-3H3/b11-10+,14-13+,17-16+. The number of unbranched alkanes of at least 4 members (excludes halogenated alkanes) is 5. The number of hydrogen-bond donors (Lipinski definition) is 0. The van der Waals surface area contributed by atoms with Crippen LogP contribution in [0, 0.1) is 12.8 Å². The van der Waals surface area contributed by atoms with Gasteiger partial charge in [0.05, 0.1) is 0 Å². The molecule has 0 unspecified atom stereocenters. The van der Waals surface area contributed by atoms with Crippen LogP contribution in [0.15, 0.2) is 36.5 Å². The molecule has 0 nitrogen and oxygen atoms in total. The lowest BCUT2D eigenvalue weighted by molar-refractivity contribution is 0.651. The smallest absolute Gasteiger partial charge is 0.0169 e. The molecule has 1 radical (unpaired) electrons. The molecule has 18 heavy (non-hydrogen) atoms. The van der Waals surface area contributed by atoms with Crippen molar-refractivity contribution in [1.29, 1.82) is 0 Å². The van der Waals surface area contributed by atoms with Crippen molar-refractivity contribution in [2.24, 2.45) is 5.92 Å². The van der Waals surface area contributed by atoms with Crippen LogP contribution >= 0.6 is 0 Å². The summed E-state index contributed by atoms with van der Waals surface area (Å²) >= 11 is 0. The minimum atomic E-state index is 0.668. The van der Waals surface area contributed by atoms with E-state index in [2.05, 4.69) is 57.2 Å². The third-order valence-corrected chi connectivity index (χ3v) is 2.77. The first kappa shape index (κ1) is 17.2. The SMILES string of the molecule is [CH2]CCCCCC/C=C/C/C=C/C/C=C/C(C)C. The highest BCUT2D eigenvalue weighted by Gasteiger charge is 1.86. The molecule has 0 saturated carbocycles. The lowest BCUT2D eigenvalue weighted by Crippen LogP contribution is -1.76.